The van der Waals surface area contributed by atoms with Crippen molar-refractivity contribution < 1.29 is 24.4 Å². The Balaban J connectivity index is 1.90. The summed E-state index contributed by atoms with van der Waals surface area (Å²) in [4.78, 5) is 33.1. The molecule has 2 unspecified atom stereocenters. The van der Waals surface area contributed by atoms with Crippen molar-refractivity contribution in [3.63, 3.8) is 0 Å². The molecule has 0 saturated carbocycles. The fraction of sp³-hybridized carbons (Fsp3) is 0.364. The summed E-state index contributed by atoms with van der Waals surface area (Å²) in [7, 11) is 0. The summed E-state index contributed by atoms with van der Waals surface area (Å²) in [5.74, 6) is -1.27. The summed E-state index contributed by atoms with van der Waals surface area (Å²) in [6.07, 6.45) is 1.48. The topological polar surface area (TPSA) is 164 Å². The minimum atomic E-state index is -0.969. The summed E-state index contributed by atoms with van der Waals surface area (Å²) in [5.41, 5.74) is -1.83. The smallest absolute Gasteiger partial charge is 0.422 e. The minimum absolute atomic E-state index is 0.0455. The number of hydrogen-bond acceptors (Lipinski definition) is 10. The molecule has 3 heterocycles. The van der Waals surface area contributed by atoms with Crippen molar-refractivity contribution in [1.82, 2.24) is 24.9 Å². The number of nitro groups is 1. The number of esters is 1. The first-order valence-electron chi connectivity index (χ1n) is 6.57. The lowest BCUT2D eigenvalue weighted by Crippen LogP contribution is -2.30. The predicted octanol–water partition coefficient (Wildman–Crippen LogP) is -0.997. The fourth-order valence-electron chi connectivity index (χ4n) is 2.12. The average Bonchev–Trinajstić information content (AvgIpc) is 3.11. The molecule has 126 valence electrons. The zero-order chi connectivity index (χ0) is 17.4. The summed E-state index contributed by atoms with van der Waals surface area (Å²) in [5, 5.41) is 30.8. The third-order valence-corrected chi connectivity index (χ3v) is 3.15. The number of nitrogens with zero attached hydrogens (tertiary/aromatic N) is 6. The van der Waals surface area contributed by atoms with Crippen LogP contribution in [0, 0.1) is 23.0 Å². The maximum Gasteiger partial charge on any atom is 0.422 e. The average molecular weight is 338 g/mol. The normalized spacial score (nSPS) is 20.4. The molecule has 13 heteroatoms. The Hall–Kier alpha value is -3.09. The van der Waals surface area contributed by atoms with Crippen molar-refractivity contribution in [1.29, 1.82) is 0 Å². The van der Waals surface area contributed by atoms with Gasteiger partial charge in [0, 0.05) is 24.6 Å². The lowest BCUT2D eigenvalue weighted by molar-refractivity contribution is -0.388. The largest absolute Gasteiger partial charge is 0.463 e. The molecule has 13 nitrogen and oxygen atoms in total. The summed E-state index contributed by atoms with van der Waals surface area (Å²) < 4.78 is 11.0. The molecule has 0 aromatic carbocycles. The summed E-state index contributed by atoms with van der Waals surface area (Å²) in [6, 6.07) is 0. The second kappa shape index (κ2) is 5.84. The molecule has 1 fully saturated rings. The lowest BCUT2D eigenvalue weighted by atomic mass is 10.2. The summed E-state index contributed by atoms with van der Waals surface area (Å²) >= 11 is 0. The van der Waals surface area contributed by atoms with E-state index < -0.39 is 45.6 Å². The number of carbonyl (C=O) groups is 1. The predicted molar refractivity (Wildman–Crippen MR) is 72.6 cm³/mol. The van der Waals surface area contributed by atoms with E-state index in [1.54, 1.807) is 6.42 Å². The maximum atomic E-state index is 12.4. The highest BCUT2D eigenvalue weighted by molar-refractivity contribution is 5.81. The monoisotopic (exact) mass is 338 g/mol. The third-order valence-electron chi connectivity index (χ3n) is 3.15. The van der Waals surface area contributed by atoms with Crippen LogP contribution >= 0.6 is 0 Å². The van der Waals surface area contributed by atoms with Crippen LogP contribution in [0.25, 0.3) is 11.0 Å². The van der Waals surface area contributed by atoms with Gasteiger partial charge in [0.1, 0.15) is 6.61 Å². The maximum absolute atomic E-state index is 12.4. The quantitative estimate of drug-likeness (QED) is 0.316. The molecule has 2 atom stereocenters. The molecule has 2 radical (unpaired) electrons. The highest BCUT2D eigenvalue weighted by Crippen LogP contribution is 2.26. The third kappa shape index (κ3) is 2.64. The molecular weight excluding hydrogens is 328 g/mol. The first-order valence-corrected chi connectivity index (χ1v) is 6.57. The van der Waals surface area contributed by atoms with Gasteiger partial charge in [0.05, 0.1) is 11.2 Å². The molecule has 0 amide bonds. The van der Waals surface area contributed by atoms with E-state index in [9.17, 15) is 24.9 Å². The second-order valence-corrected chi connectivity index (χ2v) is 4.76. The number of rotatable bonds is 4. The van der Waals surface area contributed by atoms with Crippen LogP contribution < -0.4 is 5.56 Å². The molecule has 1 aliphatic heterocycles. The van der Waals surface area contributed by atoms with Crippen LogP contribution in [-0.4, -0.2) is 53.7 Å². The molecule has 1 aliphatic rings. The van der Waals surface area contributed by atoms with Gasteiger partial charge in [-0.2, -0.15) is 4.68 Å². The van der Waals surface area contributed by atoms with Gasteiger partial charge in [-0.05, 0) is 4.92 Å². The molecular formula is C11H10N6O7. The SMILES string of the molecule is CC(=O)OCC1[CH][CH]C(n2nnc3c([N+](=O)[O-])nn(O)c3c2=O)O1. The lowest BCUT2D eigenvalue weighted by Gasteiger charge is -2.13. The van der Waals surface area contributed by atoms with E-state index in [-0.39, 0.29) is 11.5 Å². The molecule has 0 spiro atoms. The fourth-order valence-corrected chi connectivity index (χ4v) is 2.12. The highest BCUT2D eigenvalue weighted by Gasteiger charge is 2.33. The van der Waals surface area contributed by atoms with Gasteiger partial charge in [-0.25, -0.2) is 0 Å². The minimum Gasteiger partial charge on any atom is -0.463 e. The van der Waals surface area contributed by atoms with Crippen LogP contribution in [0.4, 0.5) is 5.82 Å². The van der Waals surface area contributed by atoms with Crippen molar-refractivity contribution in [3.05, 3.63) is 33.3 Å². The second-order valence-electron chi connectivity index (χ2n) is 4.76. The van der Waals surface area contributed by atoms with Gasteiger partial charge in [0.25, 0.3) is 0 Å². The van der Waals surface area contributed by atoms with Gasteiger partial charge in [0.15, 0.2) is 6.23 Å². The van der Waals surface area contributed by atoms with E-state index in [2.05, 4.69) is 15.4 Å². The van der Waals surface area contributed by atoms with Gasteiger partial charge in [-0.15, -0.1) is 5.10 Å². The zero-order valence-corrected chi connectivity index (χ0v) is 12.1. The van der Waals surface area contributed by atoms with Gasteiger partial charge in [-0.1, -0.05) is 5.21 Å². The van der Waals surface area contributed by atoms with E-state index in [1.807, 2.05) is 0 Å². The highest BCUT2D eigenvalue weighted by atomic mass is 16.6. The molecule has 2 aromatic heterocycles. The Morgan fingerprint density at radius 3 is 2.96 bits per heavy atom. The summed E-state index contributed by atoms with van der Waals surface area (Å²) in [6.45, 7) is 1.20. The van der Waals surface area contributed by atoms with Crippen molar-refractivity contribution in [2.75, 3.05) is 6.61 Å². The van der Waals surface area contributed by atoms with E-state index in [1.165, 1.54) is 13.3 Å². The van der Waals surface area contributed by atoms with Crippen LogP contribution in [0.2, 0.25) is 0 Å². The number of fused-ring (bicyclic) bond motifs is 1. The molecule has 0 aliphatic carbocycles. The van der Waals surface area contributed by atoms with Crippen LogP contribution in [0.15, 0.2) is 4.79 Å². The van der Waals surface area contributed by atoms with Gasteiger partial charge >= 0.3 is 17.3 Å². The van der Waals surface area contributed by atoms with Crippen molar-refractivity contribution >= 4 is 22.8 Å². The molecule has 2 aromatic rings. The Kier molecular flexibility index (Phi) is 3.84. The van der Waals surface area contributed by atoms with Crippen LogP contribution in [0.1, 0.15) is 13.2 Å². The number of aromatic nitrogens is 5. The standard InChI is InChI=1S/C11H10N6O7/c1-5(18)23-4-6-2-3-7(24-6)15-11(19)9-8(12-14-15)10(17(21)22)13-16(9)20/h2-3,6-7,20H,4H2,1H3. The number of hydrogen-bond donors (Lipinski definition) is 1. The molecule has 1 saturated heterocycles. The number of ether oxygens (including phenoxy) is 2. The van der Waals surface area contributed by atoms with E-state index >= 15 is 0 Å². The molecule has 3 rings (SSSR count). The van der Waals surface area contributed by atoms with Crippen LogP contribution in [0.3, 0.4) is 0 Å². The van der Waals surface area contributed by atoms with Crippen molar-refractivity contribution in [2.45, 2.75) is 19.3 Å². The van der Waals surface area contributed by atoms with E-state index in [0.717, 1.165) is 4.68 Å². The zero-order valence-electron chi connectivity index (χ0n) is 12.1. The first kappa shape index (κ1) is 15.8. The molecule has 24 heavy (non-hydrogen) atoms. The Bertz CT molecular complexity index is 874. The van der Waals surface area contributed by atoms with E-state index in [0.29, 0.717) is 0 Å². The molecule has 1 N–H and O–H groups in total. The van der Waals surface area contributed by atoms with Gasteiger partial charge in [-0.3, -0.25) is 9.59 Å². The Morgan fingerprint density at radius 2 is 2.29 bits per heavy atom. The Labute approximate surface area is 132 Å². The van der Waals surface area contributed by atoms with E-state index in [4.69, 9.17) is 9.47 Å². The first-order chi connectivity index (χ1) is 11.4. The van der Waals surface area contributed by atoms with Crippen LogP contribution in [-0.2, 0) is 14.3 Å². The van der Waals surface area contributed by atoms with Crippen molar-refractivity contribution in [2.24, 2.45) is 0 Å². The van der Waals surface area contributed by atoms with Crippen LogP contribution in [0.5, 0.6) is 0 Å². The Morgan fingerprint density at radius 1 is 1.54 bits per heavy atom. The van der Waals surface area contributed by atoms with Gasteiger partial charge < -0.3 is 24.8 Å². The number of carbonyl (C=O) groups excluding carboxylic acids is 1. The van der Waals surface area contributed by atoms with Gasteiger partial charge in [0.2, 0.25) is 11.0 Å². The molecule has 0 bridgehead atoms. The van der Waals surface area contributed by atoms with Crippen molar-refractivity contribution in [3.8, 4) is 0 Å².